The predicted molar refractivity (Wildman–Crippen MR) is 108 cm³/mol. The van der Waals surface area contributed by atoms with E-state index in [9.17, 15) is 18.0 Å². The molecule has 0 heterocycles. The molecule has 0 fully saturated rings. The summed E-state index contributed by atoms with van der Waals surface area (Å²) in [6.45, 7) is 5.75. The molecule has 28 heavy (non-hydrogen) atoms. The van der Waals surface area contributed by atoms with Crippen LogP contribution < -0.4 is 10.0 Å². The lowest BCUT2D eigenvalue weighted by atomic mass is 10.1. The summed E-state index contributed by atoms with van der Waals surface area (Å²) in [4.78, 5) is 23.2. The van der Waals surface area contributed by atoms with Crippen LogP contribution in [0.3, 0.4) is 0 Å². The molecule has 0 aliphatic rings. The Bertz CT molecular complexity index is 933. The van der Waals surface area contributed by atoms with Gasteiger partial charge < -0.3 is 10.1 Å². The van der Waals surface area contributed by atoms with Crippen molar-refractivity contribution in [3.8, 4) is 0 Å². The number of sulfonamides is 1. The molecule has 2 N–H and O–H groups in total. The molecule has 7 nitrogen and oxygen atoms in total. The van der Waals surface area contributed by atoms with E-state index >= 15 is 0 Å². The summed E-state index contributed by atoms with van der Waals surface area (Å²) in [6.07, 6.45) is -0.0148. The smallest absolute Gasteiger partial charge is 0.306 e. The van der Waals surface area contributed by atoms with Gasteiger partial charge in [-0.25, -0.2) is 8.42 Å². The topological polar surface area (TPSA) is 102 Å². The lowest BCUT2D eigenvalue weighted by Gasteiger charge is -2.11. The van der Waals surface area contributed by atoms with E-state index in [-0.39, 0.29) is 30.3 Å². The van der Waals surface area contributed by atoms with Crippen LogP contribution in [0.2, 0.25) is 0 Å². The van der Waals surface area contributed by atoms with Crippen molar-refractivity contribution in [1.82, 2.24) is 0 Å². The van der Waals surface area contributed by atoms with Crippen LogP contribution in [0.5, 0.6) is 0 Å². The minimum atomic E-state index is -3.74. The van der Waals surface area contributed by atoms with E-state index in [1.165, 1.54) is 24.3 Å². The highest BCUT2D eigenvalue weighted by molar-refractivity contribution is 7.92. The molecule has 0 aliphatic heterocycles. The molecular weight excluding hydrogens is 380 g/mol. The molecule has 1 amide bonds. The van der Waals surface area contributed by atoms with E-state index < -0.39 is 16.0 Å². The third-order valence-corrected chi connectivity index (χ3v) is 5.18. The summed E-state index contributed by atoms with van der Waals surface area (Å²) in [5, 5.41) is 2.62. The molecule has 2 aromatic carbocycles. The normalized spacial score (nSPS) is 11.0. The number of aryl methyl sites for hydroxylation is 2. The van der Waals surface area contributed by atoms with Gasteiger partial charge in [0.1, 0.15) is 0 Å². The summed E-state index contributed by atoms with van der Waals surface area (Å²) in [5.41, 5.74) is 2.85. The minimum Gasteiger partial charge on any atom is -0.466 e. The van der Waals surface area contributed by atoms with Gasteiger partial charge in [0, 0.05) is 17.8 Å². The van der Waals surface area contributed by atoms with Gasteiger partial charge >= 0.3 is 5.97 Å². The number of rotatable bonds is 8. The fourth-order valence-electron chi connectivity index (χ4n) is 2.64. The van der Waals surface area contributed by atoms with Gasteiger partial charge in [-0.05, 0) is 68.3 Å². The first kappa shape index (κ1) is 21.4. The van der Waals surface area contributed by atoms with Crippen LogP contribution in [-0.4, -0.2) is 26.9 Å². The monoisotopic (exact) mass is 404 g/mol. The van der Waals surface area contributed by atoms with Crippen LogP contribution in [0.25, 0.3) is 0 Å². The molecule has 0 atom stereocenters. The van der Waals surface area contributed by atoms with Gasteiger partial charge in [-0.1, -0.05) is 6.07 Å². The predicted octanol–water partition coefficient (Wildman–Crippen LogP) is 3.39. The Morgan fingerprint density at radius 2 is 1.54 bits per heavy atom. The Labute approximate surface area is 165 Å². The van der Waals surface area contributed by atoms with Gasteiger partial charge in [0.2, 0.25) is 5.91 Å². The maximum atomic E-state index is 12.5. The van der Waals surface area contributed by atoms with Crippen LogP contribution in [0, 0.1) is 13.8 Å². The van der Waals surface area contributed by atoms with Crippen LogP contribution in [0.1, 0.15) is 30.9 Å². The maximum Gasteiger partial charge on any atom is 0.306 e. The molecule has 0 saturated heterocycles. The second kappa shape index (κ2) is 9.36. The van der Waals surface area contributed by atoms with E-state index in [2.05, 4.69) is 10.0 Å². The van der Waals surface area contributed by atoms with Crippen LogP contribution >= 0.6 is 0 Å². The quantitative estimate of drug-likeness (QED) is 0.657. The number of nitrogens with one attached hydrogen (secondary N) is 2. The highest BCUT2D eigenvalue weighted by atomic mass is 32.2. The van der Waals surface area contributed by atoms with Crippen LogP contribution in [0.4, 0.5) is 11.4 Å². The molecule has 150 valence electrons. The Morgan fingerprint density at radius 1 is 0.929 bits per heavy atom. The van der Waals surface area contributed by atoms with Gasteiger partial charge in [0.25, 0.3) is 10.0 Å². The molecule has 0 bridgehead atoms. The number of carbonyl (C=O) groups is 2. The second-order valence-corrected chi connectivity index (χ2v) is 8.04. The number of hydrogen-bond acceptors (Lipinski definition) is 5. The number of amides is 1. The van der Waals surface area contributed by atoms with E-state index in [0.29, 0.717) is 11.4 Å². The maximum absolute atomic E-state index is 12.5. The Morgan fingerprint density at radius 3 is 2.11 bits per heavy atom. The molecule has 2 aromatic rings. The second-order valence-electron chi connectivity index (χ2n) is 6.36. The summed E-state index contributed by atoms with van der Waals surface area (Å²) in [6, 6.07) is 11.3. The van der Waals surface area contributed by atoms with E-state index in [0.717, 1.165) is 11.1 Å². The van der Waals surface area contributed by atoms with Crippen molar-refractivity contribution in [2.45, 2.75) is 38.5 Å². The van der Waals surface area contributed by atoms with Gasteiger partial charge in [0.05, 0.1) is 17.9 Å². The Balaban J connectivity index is 2.00. The fraction of sp³-hybridized carbons (Fsp3) is 0.300. The number of ether oxygens (including phenoxy) is 1. The third kappa shape index (κ3) is 6.38. The minimum absolute atomic E-state index is 0.00680. The number of anilines is 2. The number of esters is 1. The molecule has 0 aromatic heterocycles. The summed E-state index contributed by atoms with van der Waals surface area (Å²) < 4.78 is 32.4. The Kier molecular flexibility index (Phi) is 7.17. The molecule has 0 spiro atoms. The van der Waals surface area contributed by atoms with Crippen molar-refractivity contribution >= 4 is 33.3 Å². The van der Waals surface area contributed by atoms with Crippen molar-refractivity contribution in [3.05, 3.63) is 53.6 Å². The van der Waals surface area contributed by atoms with Gasteiger partial charge in [-0.15, -0.1) is 0 Å². The van der Waals surface area contributed by atoms with Gasteiger partial charge in [-0.3, -0.25) is 14.3 Å². The molecule has 2 rings (SSSR count). The Hall–Kier alpha value is -2.87. The first-order chi connectivity index (χ1) is 13.2. The van der Waals surface area contributed by atoms with Gasteiger partial charge in [0.15, 0.2) is 0 Å². The van der Waals surface area contributed by atoms with E-state index in [4.69, 9.17) is 4.74 Å². The van der Waals surface area contributed by atoms with Crippen molar-refractivity contribution in [2.75, 3.05) is 16.6 Å². The molecular formula is C20H24N2O5S. The zero-order chi connectivity index (χ0) is 20.7. The standard InChI is InChI=1S/C20H24N2O5S/c1-4-27-20(24)10-9-19(23)21-16-5-7-18(8-6-16)28(25,26)22-17-12-14(2)11-15(3)13-17/h5-8,11-13,22H,4,9-10H2,1-3H3,(H,21,23). The van der Waals surface area contributed by atoms with Crippen molar-refractivity contribution < 1.29 is 22.7 Å². The molecule has 0 radical (unpaired) electrons. The fourth-order valence-corrected chi connectivity index (χ4v) is 3.68. The van der Waals surface area contributed by atoms with Crippen molar-refractivity contribution in [1.29, 1.82) is 0 Å². The lowest BCUT2D eigenvalue weighted by molar-refractivity contribution is -0.144. The number of carbonyl (C=O) groups excluding carboxylic acids is 2. The van der Waals surface area contributed by atoms with Crippen LogP contribution in [0.15, 0.2) is 47.4 Å². The first-order valence-electron chi connectivity index (χ1n) is 8.86. The molecule has 0 unspecified atom stereocenters. The van der Waals surface area contributed by atoms with Gasteiger partial charge in [-0.2, -0.15) is 0 Å². The summed E-state index contributed by atoms with van der Waals surface area (Å²) in [7, 11) is -3.74. The molecule has 0 aliphatic carbocycles. The van der Waals surface area contributed by atoms with Crippen molar-refractivity contribution in [2.24, 2.45) is 0 Å². The third-order valence-electron chi connectivity index (χ3n) is 3.78. The average Bonchev–Trinajstić information content (AvgIpc) is 2.59. The number of hydrogen-bond donors (Lipinski definition) is 2. The summed E-state index contributed by atoms with van der Waals surface area (Å²) in [5.74, 6) is -0.784. The summed E-state index contributed by atoms with van der Waals surface area (Å²) >= 11 is 0. The average molecular weight is 404 g/mol. The van der Waals surface area contributed by atoms with Crippen molar-refractivity contribution in [3.63, 3.8) is 0 Å². The highest BCUT2D eigenvalue weighted by Gasteiger charge is 2.15. The zero-order valence-electron chi connectivity index (χ0n) is 16.1. The van der Waals surface area contributed by atoms with E-state index in [1.54, 1.807) is 19.1 Å². The molecule has 0 saturated carbocycles. The van der Waals surface area contributed by atoms with Crippen LogP contribution in [-0.2, 0) is 24.3 Å². The SMILES string of the molecule is CCOC(=O)CCC(=O)Nc1ccc(S(=O)(=O)Nc2cc(C)cc(C)c2)cc1. The van der Waals surface area contributed by atoms with E-state index in [1.807, 2.05) is 19.9 Å². The first-order valence-corrected chi connectivity index (χ1v) is 10.3. The number of benzene rings is 2. The largest absolute Gasteiger partial charge is 0.466 e. The highest BCUT2D eigenvalue weighted by Crippen LogP contribution is 2.20. The molecule has 8 heteroatoms. The lowest BCUT2D eigenvalue weighted by Crippen LogP contribution is -2.15. The zero-order valence-corrected chi connectivity index (χ0v) is 16.9.